The predicted octanol–water partition coefficient (Wildman–Crippen LogP) is 3.87. The summed E-state index contributed by atoms with van der Waals surface area (Å²) in [5.41, 5.74) is 0.961. The summed E-state index contributed by atoms with van der Waals surface area (Å²) in [5.74, 6) is -0.886. The average molecular weight is 476 g/mol. The van der Waals surface area contributed by atoms with Crippen LogP contribution < -0.4 is 0 Å². The van der Waals surface area contributed by atoms with Crippen LogP contribution in [-0.2, 0) is 20.9 Å². The fourth-order valence-corrected chi connectivity index (χ4v) is 5.11. The first-order valence-electron chi connectivity index (χ1n) is 12.8. The van der Waals surface area contributed by atoms with E-state index in [4.69, 9.17) is 9.84 Å². The zero-order valence-corrected chi connectivity index (χ0v) is 21.8. The number of nitrogens with zero attached hydrogens (tertiary/aromatic N) is 3. The SMILES string of the molecule is CCN(CC)C1(C)CN(C(C)CCC(=O)O)CCN(C(C)CCC(=O)OCc2ccccc2)C1. The summed E-state index contributed by atoms with van der Waals surface area (Å²) < 4.78 is 5.48. The van der Waals surface area contributed by atoms with Crippen LogP contribution in [0.2, 0.25) is 0 Å². The fraction of sp³-hybridized carbons (Fsp3) is 0.704. The highest BCUT2D eigenvalue weighted by atomic mass is 16.5. The Labute approximate surface area is 206 Å². The van der Waals surface area contributed by atoms with Gasteiger partial charge < -0.3 is 9.84 Å². The Hall–Kier alpha value is -1.96. The van der Waals surface area contributed by atoms with Gasteiger partial charge in [-0.05, 0) is 52.3 Å². The van der Waals surface area contributed by atoms with Gasteiger partial charge >= 0.3 is 11.9 Å². The van der Waals surface area contributed by atoms with Gasteiger partial charge in [-0.15, -0.1) is 0 Å². The summed E-state index contributed by atoms with van der Waals surface area (Å²) in [7, 11) is 0. The molecule has 1 aromatic carbocycles. The average Bonchev–Trinajstić information content (AvgIpc) is 3.00. The Bertz CT molecular complexity index is 756. The summed E-state index contributed by atoms with van der Waals surface area (Å²) in [5, 5.41) is 9.13. The van der Waals surface area contributed by atoms with Crippen LogP contribution in [0.3, 0.4) is 0 Å². The number of esters is 1. The van der Waals surface area contributed by atoms with Crippen LogP contribution in [0.5, 0.6) is 0 Å². The van der Waals surface area contributed by atoms with Gasteiger partial charge in [-0.2, -0.15) is 0 Å². The maximum absolute atomic E-state index is 12.4. The summed E-state index contributed by atoms with van der Waals surface area (Å²) in [6.07, 6.45) is 2.03. The van der Waals surface area contributed by atoms with Crippen molar-refractivity contribution < 1.29 is 19.4 Å². The van der Waals surface area contributed by atoms with E-state index in [0.717, 1.165) is 51.3 Å². The van der Waals surface area contributed by atoms with E-state index in [0.29, 0.717) is 19.4 Å². The highest BCUT2D eigenvalue weighted by Crippen LogP contribution is 2.26. The van der Waals surface area contributed by atoms with E-state index >= 15 is 0 Å². The first-order chi connectivity index (χ1) is 16.2. The second kappa shape index (κ2) is 13.8. The Morgan fingerprint density at radius 3 is 2.03 bits per heavy atom. The second-order valence-electron chi connectivity index (χ2n) is 9.93. The van der Waals surface area contributed by atoms with E-state index in [9.17, 15) is 9.59 Å². The van der Waals surface area contributed by atoms with Crippen molar-refractivity contribution in [3.05, 3.63) is 35.9 Å². The minimum absolute atomic E-state index is 0.0421. The van der Waals surface area contributed by atoms with Crippen LogP contribution in [0.1, 0.15) is 65.9 Å². The number of hydrogen-bond acceptors (Lipinski definition) is 6. The lowest BCUT2D eigenvalue weighted by Gasteiger charge is -2.45. The zero-order chi connectivity index (χ0) is 25.1. The van der Waals surface area contributed by atoms with E-state index < -0.39 is 5.97 Å². The molecule has 192 valence electrons. The molecule has 3 atom stereocenters. The van der Waals surface area contributed by atoms with E-state index in [1.807, 2.05) is 30.3 Å². The minimum atomic E-state index is -0.734. The Morgan fingerprint density at radius 1 is 1.00 bits per heavy atom. The van der Waals surface area contributed by atoms with Gasteiger partial charge in [-0.25, -0.2) is 0 Å². The second-order valence-corrected chi connectivity index (χ2v) is 9.93. The number of carboxylic acids is 1. The number of aliphatic carboxylic acids is 1. The minimum Gasteiger partial charge on any atom is -0.481 e. The molecule has 34 heavy (non-hydrogen) atoms. The number of ether oxygens (including phenoxy) is 1. The third kappa shape index (κ3) is 8.67. The van der Waals surface area contributed by atoms with Crippen LogP contribution in [-0.4, -0.2) is 88.6 Å². The first-order valence-corrected chi connectivity index (χ1v) is 12.8. The Balaban J connectivity index is 1.99. The smallest absolute Gasteiger partial charge is 0.306 e. The normalized spacial score (nSPS) is 21.7. The van der Waals surface area contributed by atoms with E-state index in [2.05, 4.69) is 49.3 Å². The Kier molecular flexibility index (Phi) is 11.5. The van der Waals surface area contributed by atoms with Crippen molar-refractivity contribution in [2.24, 2.45) is 0 Å². The number of carbonyl (C=O) groups excluding carboxylic acids is 1. The molecule has 0 radical (unpaired) electrons. The highest BCUT2D eigenvalue weighted by Gasteiger charge is 2.39. The fourth-order valence-electron chi connectivity index (χ4n) is 5.11. The number of hydrogen-bond donors (Lipinski definition) is 1. The van der Waals surface area contributed by atoms with E-state index in [1.165, 1.54) is 0 Å². The molecule has 0 saturated carbocycles. The van der Waals surface area contributed by atoms with Gasteiger partial charge in [0.1, 0.15) is 6.61 Å². The molecule has 0 bridgehead atoms. The maximum Gasteiger partial charge on any atom is 0.306 e. The number of carbonyl (C=O) groups is 2. The molecule has 0 amide bonds. The quantitative estimate of drug-likeness (QED) is 0.434. The molecule has 7 nitrogen and oxygen atoms in total. The highest BCUT2D eigenvalue weighted by molar-refractivity contribution is 5.69. The molecule has 1 aromatic rings. The van der Waals surface area contributed by atoms with E-state index in [1.54, 1.807) is 0 Å². The van der Waals surface area contributed by atoms with Crippen molar-refractivity contribution in [2.75, 3.05) is 39.3 Å². The third-order valence-corrected chi connectivity index (χ3v) is 7.32. The van der Waals surface area contributed by atoms with Gasteiger partial charge in [-0.1, -0.05) is 44.2 Å². The standard InChI is InChI=1S/C27H45N3O4/c1-6-30(7-2)27(5)20-28(22(3)13-15-25(31)32)17-18-29(21-27)23(4)14-16-26(33)34-19-24-11-9-8-10-12-24/h8-12,22-23H,6-7,13-21H2,1-5H3,(H,31,32). The summed E-state index contributed by atoms with van der Waals surface area (Å²) in [4.78, 5) is 31.0. The molecule has 7 heteroatoms. The monoisotopic (exact) mass is 475 g/mol. The van der Waals surface area contributed by atoms with Gasteiger partial charge in [0.05, 0.1) is 0 Å². The molecule has 1 heterocycles. The van der Waals surface area contributed by atoms with Crippen LogP contribution in [0.25, 0.3) is 0 Å². The largest absolute Gasteiger partial charge is 0.481 e. The van der Waals surface area contributed by atoms with Crippen LogP contribution in [0, 0.1) is 0 Å². The first kappa shape index (κ1) is 28.3. The van der Waals surface area contributed by atoms with Gasteiger partial charge in [0.15, 0.2) is 0 Å². The molecule has 1 fully saturated rings. The van der Waals surface area contributed by atoms with Crippen molar-refractivity contribution in [3.63, 3.8) is 0 Å². The van der Waals surface area contributed by atoms with Gasteiger partial charge in [0.2, 0.25) is 0 Å². The third-order valence-electron chi connectivity index (χ3n) is 7.32. The molecule has 1 N–H and O–H groups in total. The molecule has 2 rings (SSSR count). The summed E-state index contributed by atoms with van der Waals surface area (Å²) in [6.45, 7) is 17.0. The number of carboxylic acid groups (broad SMARTS) is 1. The maximum atomic E-state index is 12.4. The topological polar surface area (TPSA) is 73.3 Å². The van der Waals surface area contributed by atoms with E-state index in [-0.39, 0.29) is 30.0 Å². The molecule has 1 saturated heterocycles. The number of benzene rings is 1. The Morgan fingerprint density at radius 2 is 1.53 bits per heavy atom. The predicted molar refractivity (Wildman–Crippen MR) is 136 cm³/mol. The van der Waals surface area contributed by atoms with Crippen molar-refractivity contribution in [1.82, 2.24) is 14.7 Å². The number of rotatable bonds is 13. The molecular weight excluding hydrogens is 430 g/mol. The molecule has 0 aromatic heterocycles. The molecule has 3 unspecified atom stereocenters. The van der Waals surface area contributed by atoms with Gasteiger partial charge in [0.25, 0.3) is 0 Å². The van der Waals surface area contributed by atoms with Gasteiger partial charge in [0, 0.05) is 56.6 Å². The zero-order valence-electron chi connectivity index (χ0n) is 21.8. The van der Waals surface area contributed by atoms with Crippen molar-refractivity contribution in [2.45, 2.75) is 84.5 Å². The summed E-state index contributed by atoms with van der Waals surface area (Å²) >= 11 is 0. The molecule has 0 aliphatic carbocycles. The van der Waals surface area contributed by atoms with Crippen LogP contribution >= 0.6 is 0 Å². The van der Waals surface area contributed by atoms with Crippen molar-refractivity contribution >= 4 is 11.9 Å². The molecule has 1 aliphatic rings. The van der Waals surface area contributed by atoms with Crippen molar-refractivity contribution in [1.29, 1.82) is 0 Å². The van der Waals surface area contributed by atoms with Crippen molar-refractivity contribution in [3.8, 4) is 0 Å². The summed E-state index contributed by atoms with van der Waals surface area (Å²) in [6, 6.07) is 10.2. The molecule has 0 spiro atoms. The lowest BCUT2D eigenvalue weighted by molar-refractivity contribution is -0.145. The molecular formula is C27H45N3O4. The lowest BCUT2D eigenvalue weighted by Crippen LogP contribution is -2.58. The number of likely N-dealkylation sites (N-methyl/N-ethyl adjacent to an activating group) is 1. The van der Waals surface area contributed by atoms with Crippen LogP contribution in [0.4, 0.5) is 0 Å². The molecule has 1 aliphatic heterocycles. The lowest BCUT2D eigenvalue weighted by atomic mass is 9.96. The van der Waals surface area contributed by atoms with Gasteiger partial charge in [-0.3, -0.25) is 24.3 Å². The van der Waals surface area contributed by atoms with Crippen LogP contribution in [0.15, 0.2) is 30.3 Å².